The van der Waals surface area contributed by atoms with Crippen LogP contribution in [0, 0.1) is 0 Å². The largest absolute Gasteiger partial charge is 0.337 e. The Kier molecular flexibility index (Phi) is 5.57. The van der Waals surface area contributed by atoms with E-state index in [4.69, 9.17) is 0 Å². The number of carbonyl (C=O) groups is 1. The maximum absolute atomic E-state index is 12.5. The van der Waals surface area contributed by atoms with E-state index in [1.165, 1.54) is 4.57 Å². The standard InChI is InChI=1S/C24H22N4O2/c1-28-22(26-21-14-8-6-12-19(21)23(28)29)15-16-25-24(30)27-20-13-7-5-11-18(20)17-9-3-2-4-10-17/h2-14H,15-16H2,1H3,(H2,25,27,30). The van der Waals surface area contributed by atoms with Crippen LogP contribution in [0.4, 0.5) is 10.5 Å². The number of nitrogens with one attached hydrogen (secondary N) is 2. The Labute approximate surface area is 174 Å². The van der Waals surface area contributed by atoms with Gasteiger partial charge >= 0.3 is 6.03 Å². The highest BCUT2D eigenvalue weighted by atomic mass is 16.2. The molecule has 1 heterocycles. The average molecular weight is 398 g/mol. The summed E-state index contributed by atoms with van der Waals surface area (Å²) in [5, 5.41) is 6.35. The number of amides is 2. The molecule has 0 spiro atoms. The summed E-state index contributed by atoms with van der Waals surface area (Å²) < 4.78 is 1.53. The van der Waals surface area contributed by atoms with Gasteiger partial charge in [-0.15, -0.1) is 0 Å². The Morgan fingerprint density at radius 3 is 2.47 bits per heavy atom. The van der Waals surface area contributed by atoms with Crippen molar-refractivity contribution in [2.75, 3.05) is 11.9 Å². The van der Waals surface area contributed by atoms with E-state index in [2.05, 4.69) is 15.6 Å². The van der Waals surface area contributed by atoms with Crippen LogP contribution in [-0.2, 0) is 13.5 Å². The van der Waals surface area contributed by atoms with Gasteiger partial charge in [0, 0.05) is 25.6 Å². The molecule has 2 N–H and O–H groups in total. The predicted octanol–water partition coefficient (Wildman–Crippen LogP) is 3.96. The van der Waals surface area contributed by atoms with Crippen molar-refractivity contribution in [3.63, 3.8) is 0 Å². The van der Waals surface area contributed by atoms with Crippen LogP contribution in [0.1, 0.15) is 5.82 Å². The highest BCUT2D eigenvalue weighted by Gasteiger charge is 2.10. The van der Waals surface area contributed by atoms with Gasteiger partial charge < -0.3 is 10.6 Å². The lowest BCUT2D eigenvalue weighted by atomic mass is 10.0. The monoisotopic (exact) mass is 398 g/mol. The maximum atomic E-state index is 12.5. The smallest absolute Gasteiger partial charge is 0.319 e. The molecule has 0 aliphatic rings. The Bertz CT molecular complexity index is 1250. The van der Waals surface area contributed by atoms with Gasteiger partial charge in [0.25, 0.3) is 5.56 Å². The second-order valence-corrected chi connectivity index (χ2v) is 6.95. The quantitative estimate of drug-likeness (QED) is 0.534. The molecule has 0 aliphatic carbocycles. The van der Waals surface area contributed by atoms with Gasteiger partial charge in [0.05, 0.1) is 16.6 Å². The van der Waals surface area contributed by atoms with Crippen LogP contribution < -0.4 is 16.2 Å². The Hall–Kier alpha value is -3.93. The van der Waals surface area contributed by atoms with Crippen LogP contribution in [0.15, 0.2) is 83.7 Å². The first-order chi connectivity index (χ1) is 14.6. The fraction of sp³-hybridized carbons (Fsp3) is 0.125. The SMILES string of the molecule is Cn1c(CCNC(=O)Nc2ccccc2-c2ccccc2)nc2ccccc2c1=O. The predicted molar refractivity (Wildman–Crippen MR) is 120 cm³/mol. The van der Waals surface area contributed by atoms with Gasteiger partial charge in [-0.25, -0.2) is 9.78 Å². The van der Waals surface area contributed by atoms with E-state index < -0.39 is 0 Å². The fourth-order valence-corrected chi connectivity index (χ4v) is 3.40. The number of fused-ring (bicyclic) bond motifs is 1. The zero-order chi connectivity index (χ0) is 20.9. The van der Waals surface area contributed by atoms with Crippen LogP contribution in [0.5, 0.6) is 0 Å². The normalized spacial score (nSPS) is 10.7. The van der Waals surface area contributed by atoms with Crippen LogP contribution in [0.3, 0.4) is 0 Å². The lowest BCUT2D eigenvalue weighted by molar-refractivity contribution is 0.252. The number of hydrogen-bond acceptors (Lipinski definition) is 3. The summed E-state index contributed by atoms with van der Waals surface area (Å²) >= 11 is 0. The molecule has 4 rings (SSSR count). The molecule has 30 heavy (non-hydrogen) atoms. The van der Waals surface area contributed by atoms with Crippen molar-refractivity contribution in [1.29, 1.82) is 0 Å². The molecule has 4 aromatic rings. The van der Waals surface area contributed by atoms with Crippen molar-refractivity contribution in [1.82, 2.24) is 14.9 Å². The summed E-state index contributed by atoms with van der Waals surface area (Å²) in [6.45, 7) is 0.359. The lowest BCUT2D eigenvalue weighted by Gasteiger charge is -2.13. The third-order valence-corrected chi connectivity index (χ3v) is 4.97. The molecule has 0 aliphatic heterocycles. The highest BCUT2D eigenvalue weighted by molar-refractivity contribution is 5.94. The second-order valence-electron chi connectivity index (χ2n) is 6.95. The van der Waals surface area contributed by atoms with E-state index in [1.807, 2.05) is 72.8 Å². The van der Waals surface area contributed by atoms with Gasteiger partial charge in [-0.3, -0.25) is 9.36 Å². The Balaban J connectivity index is 1.43. The number of para-hydroxylation sites is 2. The van der Waals surface area contributed by atoms with Crippen LogP contribution >= 0.6 is 0 Å². The molecule has 0 unspecified atom stereocenters. The second kappa shape index (κ2) is 8.61. The number of nitrogens with zero attached hydrogens (tertiary/aromatic N) is 2. The highest BCUT2D eigenvalue weighted by Crippen LogP contribution is 2.27. The van der Waals surface area contributed by atoms with Gasteiger partial charge in [-0.05, 0) is 23.8 Å². The zero-order valence-electron chi connectivity index (χ0n) is 16.6. The summed E-state index contributed by atoms with van der Waals surface area (Å²) in [7, 11) is 1.70. The molecule has 0 atom stereocenters. The van der Waals surface area contributed by atoms with Crippen molar-refractivity contribution >= 4 is 22.6 Å². The van der Waals surface area contributed by atoms with Gasteiger partial charge in [0.2, 0.25) is 0 Å². The summed E-state index contributed by atoms with van der Waals surface area (Å²) in [5.41, 5.74) is 3.29. The molecular formula is C24H22N4O2. The summed E-state index contributed by atoms with van der Waals surface area (Å²) in [6.07, 6.45) is 0.449. The van der Waals surface area contributed by atoms with E-state index in [1.54, 1.807) is 13.1 Å². The number of urea groups is 1. The third-order valence-electron chi connectivity index (χ3n) is 4.97. The Morgan fingerprint density at radius 2 is 1.63 bits per heavy atom. The first-order valence-electron chi connectivity index (χ1n) is 9.77. The first kappa shape index (κ1) is 19.4. The number of carbonyl (C=O) groups excluding carboxylic acids is 1. The topological polar surface area (TPSA) is 76.0 Å². The number of benzene rings is 3. The minimum absolute atomic E-state index is 0.0863. The Morgan fingerprint density at radius 1 is 0.933 bits per heavy atom. The summed E-state index contributed by atoms with van der Waals surface area (Å²) in [4.78, 5) is 29.5. The van der Waals surface area contributed by atoms with E-state index >= 15 is 0 Å². The van der Waals surface area contributed by atoms with Gasteiger partial charge in [0.15, 0.2) is 0 Å². The van der Waals surface area contributed by atoms with E-state index in [-0.39, 0.29) is 11.6 Å². The average Bonchev–Trinajstić information content (AvgIpc) is 2.78. The maximum Gasteiger partial charge on any atom is 0.319 e. The van der Waals surface area contributed by atoms with Crippen molar-refractivity contribution in [3.05, 3.63) is 95.0 Å². The molecule has 150 valence electrons. The van der Waals surface area contributed by atoms with E-state index in [9.17, 15) is 9.59 Å². The van der Waals surface area contributed by atoms with Crippen LogP contribution in [0.2, 0.25) is 0 Å². The number of anilines is 1. The first-order valence-corrected chi connectivity index (χ1v) is 9.77. The van der Waals surface area contributed by atoms with Crippen molar-refractivity contribution < 1.29 is 4.79 Å². The van der Waals surface area contributed by atoms with Gasteiger partial charge in [-0.2, -0.15) is 0 Å². The molecule has 6 nitrogen and oxygen atoms in total. The number of hydrogen-bond donors (Lipinski definition) is 2. The molecule has 0 fully saturated rings. The summed E-state index contributed by atoms with van der Waals surface area (Å²) in [5.74, 6) is 0.628. The molecule has 2 amide bonds. The molecule has 0 radical (unpaired) electrons. The van der Waals surface area contributed by atoms with Crippen molar-refractivity contribution in [2.45, 2.75) is 6.42 Å². The summed E-state index contributed by atoms with van der Waals surface area (Å²) in [6, 6.07) is 24.5. The molecule has 3 aromatic carbocycles. The molecular weight excluding hydrogens is 376 g/mol. The minimum Gasteiger partial charge on any atom is -0.337 e. The third kappa shape index (κ3) is 4.07. The minimum atomic E-state index is -0.302. The van der Waals surface area contributed by atoms with Gasteiger partial charge in [0.1, 0.15) is 5.82 Å². The zero-order valence-corrected chi connectivity index (χ0v) is 16.6. The van der Waals surface area contributed by atoms with E-state index in [0.717, 1.165) is 16.8 Å². The van der Waals surface area contributed by atoms with Crippen molar-refractivity contribution in [2.24, 2.45) is 7.05 Å². The molecule has 1 aromatic heterocycles. The van der Waals surface area contributed by atoms with Gasteiger partial charge in [-0.1, -0.05) is 60.7 Å². The fourth-order valence-electron chi connectivity index (χ4n) is 3.40. The number of aromatic nitrogens is 2. The molecule has 0 bridgehead atoms. The molecule has 6 heteroatoms. The van der Waals surface area contributed by atoms with Crippen molar-refractivity contribution in [3.8, 4) is 11.1 Å². The number of rotatable bonds is 5. The lowest BCUT2D eigenvalue weighted by Crippen LogP contribution is -2.32. The van der Waals surface area contributed by atoms with Crippen LogP contribution in [0.25, 0.3) is 22.0 Å². The molecule has 0 saturated heterocycles. The van der Waals surface area contributed by atoms with Crippen LogP contribution in [-0.4, -0.2) is 22.1 Å². The van der Waals surface area contributed by atoms with E-state index in [0.29, 0.717) is 29.7 Å². The molecule has 0 saturated carbocycles.